The van der Waals surface area contributed by atoms with E-state index in [9.17, 15) is 9.59 Å². The minimum atomic E-state index is -0.0242. The molecule has 1 aromatic carbocycles. The zero-order chi connectivity index (χ0) is 19.4. The van der Waals surface area contributed by atoms with Gasteiger partial charge in [-0.05, 0) is 30.2 Å². The summed E-state index contributed by atoms with van der Waals surface area (Å²) >= 11 is 1.36. The normalized spacial score (nSPS) is 11.1. The lowest BCUT2D eigenvalue weighted by Crippen LogP contribution is -2.14. The topological polar surface area (TPSA) is 89.8 Å². The van der Waals surface area contributed by atoms with Gasteiger partial charge in [0, 0.05) is 24.7 Å². The third-order valence-corrected chi connectivity index (χ3v) is 4.92. The van der Waals surface area contributed by atoms with Gasteiger partial charge in [-0.15, -0.1) is 0 Å². The third-order valence-electron chi connectivity index (χ3n) is 3.92. The molecule has 1 N–H and O–H groups in total. The number of hydrogen-bond donors (Lipinski definition) is 1. The molecule has 3 aromatic rings. The molecule has 3 rings (SSSR count). The summed E-state index contributed by atoms with van der Waals surface area (Å²) in [6, 6.07) is 6.96. The Morgan fingerprint density at radius 1 is 1.19 bits per heavy atom. The monoisotopic (exact) mass is 383 g/mol. The minimum absolute atomic E-state index is 0.00397. The molecule has 27 heavy (non-hydrogen) atoms. The van der Waals surface area contributed by atoms with Gasteiger partial charge in [-0.25, -0.2) is 9.97 Å². The van der Waals surface area contributed by atoms with Gasteiger partial charge in [0.15, 0.2) is 11.4 Å². The van der Waals surface area contributed by atoms with Gasteiger partial charge in [0.25, 0.3) is 0 Å². The Balaban J connectivity index is 1.62. The average Bonchev–Trinajstić information content (AvgIpc) is 3.01. The van der Waals surface area contributed by atoms with E-state index >= 15 is 0 Å². The summed E-state index contributed by atoms with van der Waals surface area (Å²) in [5.41, 5.74) is 2.03. The number of nitrogens with one attached hydrogen (secondary N) is 1. The van der Waals surface area contributed by atoms with Crippen LogP contribution in [-0.4, -0.2) is 37.2 Å². The number of amides is 1. The molecule has 2 heterocycles. The number of anilines is 1. The van der Waals surface area contributed by atoms with Gasteiger partial charge >= 0.3 is 0 Å². The lowest BCUT2D eigenvalue weighted by Gasteiger charge is -2.08. The van der Waals surface area contributed by atoms with Crippen molar-refractivity contribution in [3.63, 3.8) is 0 Å². The second-order valence-corrected chi connectivity index (χ2v) is 7.58. The number of carbonyl (C=O) groups is 2. The Bertz CT molecular complexity index is 966. The van der Waals surface area contributed by atoms with Crippen LogP contribution in [0.5, 0.6) is 0 Å². The maximum atomic E-state index is 12.5. The van der Waals surface area contributed by atoms with Crippen LogP contribution in [0.15, 0.2) is 41.8 Å². The summed E-state index contributed by atoms with van der Waals surface area (Å²) in [7, 11) is 1.82. The molecule has 0 radical (unpaired) electrons. The van der Waals surface area contributed by atoms with Crippen LogP contribution in [0.3, 0.4) is 0 Å². The van der Waals surface area contributed by atoms with E-state index in [0.29, 0.717) is 23.6 Å². The Labute approximate surface area is 161 Å². The van der Waals surface area contributed by atoms with E-state index in [1.165, 1.54) is 18.1 Å². The van der Waals surface area contributed by atoms with E-state index in [4.69, 9.17) is 0 Å². The van der Waals surface area contributed by atoms with E-state index in [-0.39, 0.29) is 17.4 Å². The zero-order valence-corrected chi connectivity index (χ0v) is 16.3. The number of ketones is 1. The number of aromatic nitrogens is 4. The maximum absolute atomic E-state index is 12.5. The molecule has 0 aliphatic heterocycles. The SMILES string of the molecule is CC(C)CC(=O)Nc1ccc(C(=O)CSc2ncnc3c2cnn3C)cc1. The number of Topliss-reactive ketones (excluding diaryl/α,β-unsaturated/α-hetero) is 1. The maximum Gasteiger partial charge on any atom is 0.224 e. The Morgan fingerprint density at radius 3 is 2.63 bits per heavy atom. The first-order chi connectivity index (χ1) is 12.9. The molecule has 0 bridgehead atoms. The Morgan fingerprint density at radius 2 is 1.93 bits per heavy atom. The van der Waals surface area contributed by atoms with Crippen LogP contribution in [0.1, 0.15) is 30.6 Å². The predicted octanol–water partition coefficient (Wildman–Crippen LogP) is 3.32. The molecule has 1 amide bonds. The van der Waals surface area contributed by atoms with E-state index in [0.717, 1.165) is 16.1 Å². The molecule has 0 atom stereocenters. The van der Waals surface area contributed by atoms with Crippen LogP contribution in [0.4, 0.5) is 5.69 Å². The fourth-order valence-corrected chi connectivity index (χ4v) is 3.45. The number of rotatable bonds is 7. The highest BCUT2D eigenvalue weighted by Gasteiger charge is 2.12. The fraction of sp³-hybridized carbons (Fsp3) is 0.316. The summed E-state index contributed by atoms with van der Waals surface area (Å²) < 4.78 is 1.68. The first-order valence-electron chi connectivity index (χ1n) is 8.62. The lowest BCUT2D eigenvalue weighted by atomic mass is 10.1. The highest BCUT2D eigenvalue weighted by atomic mass is 32.2. The molecular formula is C19H21N5O2S. The van der Waals surface area contributed by atoms with Crippen molar-refractivity contribution in [2.45, 2.75) is 25.3 Å². The van der Waals surface area contributed by atoms with Gasteiger partial charge in [-0.2, -0.15) is 5.10 Å². The average molecular weight is 383 g/mol. The van der Waals surface area contributed by atoms with Crippen molar-refractivity contribution in [3.8, 4) is 0 Å². The van der Waals surface area contributed by atoms with E-state index < -0.39 is 0 Å². The Hall–Kier alpha value is -2.74. The van der Waals surface area contributed by atoms with Crippen LogP contribution >= 0.6 is 11.8 Å². The van der Waals surface area contributed by atoms with E-state index in [1.807, 2.05) is 20.9 Å². The molecule has 0 spiro atoms. The molecule has 140 valence electrons. The summed E-state index contributed by atoms with van der Waals surface area (Å²) in [6.45, 7) is 3.99. The van der Waals surface area contributed by atoms with Crippen LogP contribution in [-0.2, 0) is 11.8 Å². The zero-order valence-electron chi connectivity index (χ0n) is 15.5. The van der Waals surface area contributed by atoms with Crippen molar-refractivity contribution >= 4 is 40.2 Å². The van der Waals surface area contributed by atoms with E-state index in [1.54, 1.807) is 35.1 Å². The molecule has 2 aromatic heterocycles. The second-order valence-electron chi connectivity index (χ2n) is 6.62. The number of hydrogen-bond acceptors (Lipinski definition) is 6. The number of thioether (sulfide) groups is 1. The highest BCUT2D eigenvalue weighted by Crippen LogP contribution is 2.24. The molecule has 8 heteroatoms. The smallest absolute Gasteiger partial charge is 0.224 e. The van der Waals surface area contributed by atoms with Crippen molar-refractivity contribution in [2.24, 2.45) is 13.0 Å². The predicted molar refractivity (Wildman–Crippen MR) is 106 cm³/mol. The summed E-state index contributed by atoms with van der Waals surface area (Å²) in [5.74, 6) is 0.538. The second kappa shape index (κ2) is 8.30. The van der Waals surface area contributed by atoms with Crippen molar-refractivity contribution in [1.29, 1.82) is 0 Å². The van der Waals surface area contributed by atoms with Gasteiger partial charge in [0.2, 0.25) is 5.91 Å². The number of carbonyl (C=O) groups excluding carboxylic acids is 2. The molecular weight excluding hydrogens is 362 g/mol. The van der Waals surface area contributed by atoms with Gasteiger partial charge in [-0.1, -0.05) is 25.6 Å². The van der Waals surface area contributed by atoms with Gasteiger partial charge < -0.3 is 5.32 Å². The molecule has 7 nitrogen and oxygen atoms in total. The first-order valence-corrected chi connectivity index (χ1v) is 9.61. The van der Waals surface area contributed by atoms with Crippen LogP contribution in [0.25, 0.3) is 11.0 Å². The van der Waals surface area contributed by atoms with Gasteiger partial charge in [-0.3, -0.25) is 14.3 Å². The molecule has 0 saturated carbocycles. The van der Waals surface area contributed by atoms with Crippen molar-refractivity contribution in [2.75, 3.05) is 11.1 Å². The highest BCUT2D eigenvalue weighted by molar-refractivity contribution is 8.00. The quantitative estimate of drug-likeness (QED) is 0.382. The van der Waals surface area contributed by atoms with Crippen LogP contribution in [0.2, 0.25) is 0 Å². The first kappa shape index (κ1) is 19.0. The van der Waals surface area contributed by atoms with Gasteiger partial charge in [0.1, 0.15) is 11.4 Å². The number of fused-ring (bicyclic) bond motifs is 1. The summed E-state index contributed by atoms with van der Waals surface area (Å²) in [6.07, 6.45) is 3.65. The van der Waals surface area contributed by atoms with Crippen LogP contribution < -0.4 is 5.32 Å². The molecule has 0 unspecified atom stereocenters. The fourth-order valence-electron chi connectivity index (χ4n) is 2.60. The van der Waals surface area contributed by atoms with Crippen molar-refractivity contribution in [3.05, 3.63) is 42.4 Å². The van der Waals surface area contributed by atoms with Crippen molar-refractivity contribution < 1.29 is 9.59 Å². The van der Waals surface area contributed by atoms with E-state index in [2.05, 4.69) is 20.4 Å². The van der Waals surface area contributed by atoms with Crippen LogP contribution in [0, 0.1) is 5.92 Å². The minimum Gasteiger partial charge on any atom is -0.326 e. The molecule has 0 fully saturated rings. The van der Waals surface area contributed by atoms with Gasteiger partial charge in [0.05, 0.1) is 17.3 Å². The standard InChI is InChI=1S/C19H21N5O2S/c1-12(2)8-17(26)23-14-6-4-13(5-7-14)16(25)10-27-19-15-9-22-24(3)18(15)20-11-21-19/h4-7,9,11-12H,8,10H2,1-3H3,(H,23,26). The molecule has 0 aliphatic carbocycles. The number of benzene rings is 1. The lowest BCUT2D eigenvalue weighted by molar-refractivity contribution is -0.116. The number of aryl methyl sites for hydroxylation is 1. The summed E-state index contributed by atoms with van der Waals surface area (Å²) in [4.78, 5) is 32.7. The molecule has 0 saturated heterocycles. The van der Waals surface area contributed by atoms with Crippen molar-refractivity contribution in [1.82, 2.24) is 19.7 Å². The Kier molecular flexibility index (Phi) is 5.85. The summed E-state index contributed by atoms with van der Waals surface area (Å²) in [5, 5.41) is 8.58. The largest absolute Gasteiger partial charge is 0.326 e. The number of nitrogens with zero attached hydrogens (tertiary/aromatic N) is 4. The molecule has 0 aliphatic rings. The third kappa shape index (κ3) is 4.71.